The predicted molar refractivity (Wildman–Crippen MR) is 97.2 cm³/mol. The lowest BCUT2D eigenvalue weighted by Crippen LogP contribution is -2.26. The molecule has 3 rings (SSSR count). The minimum absolute atomic E-state index is 0.0928. The Morgan fingerprint density at radius 3 is 2.58 bits per heavy atom. The summed E-state index contributed by atoms with van der Waals surface area (Å²) in [6.07, 6.45) is 0.287. The van der Waals surface area contributed by atoms with Crippen LogP contribution in [0.5, 0.6) is 5.75 Å². The third-order valence-electron chi connectivity index (χ3n) is 4.24. The van der Waals surface area contributed by atoms with E-state index in [2.05, 4.69) is 27.8 Å². The van der Waals surface area contributed by atoms with E-state index in [0.29, 0.717) is 5.82 Å². The highest BCUT2D eigenvalue weighted by Crippen LogP contribution is 2.14. The minimum atomic E-state index is -0.0928. The van der Waals surface area contributed by atoms with E-state index in [-0.39, 0.29) is 18.9 Å². The Balaban J connectivity index is 1.63. The highest BCUT2D eigenvalue weighted by Gasteiger charge is 2.11. The molecule has 0 saturated heterocycles. The van der Waals surface area contributed by atoms with Crippen LogP contribution in [-0.2, 0) is 17.8 Å². The maximum absolute atomic E-state index is 12.2. The fraction of sp³-hybridized carbons (Fsp3) is 0.263. The van der Waals surface area contributed by atoms with Crippen LogP contribution in [0.3, 0.4) is 0 Å². The van der Waals surface area contributed by atoms with Crippen molar-refractivity contribution >= 4 is 5.91 Å². The average Bonchev–Trinajstić information content (AvgIpc) is 3.11. The maximum Gasteiger partial charge on any atom is 0.224 e. The zero-order valence-corrected chi connectivity index (χ0v) is 15.1. The first-order valence-corrected chi connectivity index (χ1v) is 8.31. The van der Waals surface area contributed by atoms with E-state index in [1.54, 1.807) is 11.8 Å². The van der Waals surface area contributed by atoms with Crippen molar-refractivity contribution in [3.8, 4) is 11.4 Å². The van der Waals surface area contributed by atoms with E-state index >= 15 is 0 Å². The topological polar surface area (TPSA) is 81.9 Å². The van der Waals surface area contributed by atoms with Crippen molar-refractivity contribution in [2.24, 2.45) is 0 Å². The molecule has 0 fully saturated rings. The van der Waals surface area contributed by atoms with Crippen LogP contribution in [0.15, 0.2) is 42.5 Å². The van der Waals surface area contributed by atoms with Gasteiger partial charge in [-0.2, -0.15) is 4.68 Å². The Morgan fingerprint density at radius 2 is 1.88 bits per heavy atom. The van der Waals surface area contributed by atoms with Crippen LogP contribution in [0.2, 0.25) is 0 Å². The molecule has 0 saturated carbocycles. The van der Waals surface area contributed by atoms with E-state index in [0.717, 1.165) is 22.6 Å². The summed E-state index contributed by atoms with van der Waals surface area (Å²) in [5.74, 6) is 1.25. The fourth-order valence-electron chi connectivity index (χ4n) is 2.54. The third kappa shape index (κ3) is 4.05. The van der Waals surface area contributed by atoms with Gasteiger partial charge < -0.3 is 10.1 Å². The minimum Gasteiger partial charge on any atom is -0.497 e. The summed E-state index contributed by atoms with van der Waals surface area (Å²) in [5, 5.41) is 14.6. The van der Waals surface area contributed by atoms with Gasteiger partial charge in [0.2, 0.25) is 5.91 Å². The molecule has 1 heterocycles. The SMILES string of the molecule is COc1ccc(CC(=O)NCc2nnnn2-c2ccc(C)c(C)c2)cc1. The van der Waals surface area contributed by atoms with Gasteiger partial charge in [-0.05, 0) is 65.2 Å². The molecule has 7 heteroatoms. The van der Waals surface area contributed by atoms with Gasteiger partial charge >= 0.3 is 0 Å². The number of nitrogens with one attached hydrogen (secondary N) is 1. The molecule has 0 aliphatic rings. The molecule has 134 valence electrons. The Labute approximate surface area is 152 Å². The molecule has 26 heavy (non-hydrogen) atoms. The normalized spacial score (nSPS) is 10.6. The standard InChI is InChI=1S/C19H21N5O2/c1-13-4-7-16(10-14(13)2)24-18(21-22-23-24)12-20-19(25)11-15-5-8-17(26-3)9-6-15/h4-10H,11-12H2,1-3H3,(H,20,25). The summed E-state index contributed by atoms with van der Waals surface area (Å²) in [5.41, 5.74) is 4.15. The van der Waals surface area contributed by atoms with Crippen molar-refractivity contribution in [1.82, 2.24) is 25.5 Å². The van der Waals surface area contributed by atoms with Crippen molar-refractivity contribution in [2.45, 2.75) is 26.8 Å². The molecule has 1 aromatic heterocycles. The van der Waals surface area contributed by atoms with Gasteiger partial charge in [-0.1, -0.05) is 18.2 Å². The lowest BCUT2D eigenvalue weighted by molar-refractivity contribution is -0.120. The van der Waals surface area contributed by atoms with Gasteiger partial charge in [0, 0.05) is 0 Å². The molecule has 1 N–H and O–H groups in total. The number of hydrogen-bond acceptors (Lipinski definition) is 5. The van der Waals surface area contributed by atoms with E-state index in [4.69, 9.17) is 4.74 Å². The summed E-state index contributed by atoms with van der Waals surface area (Å²) in [7, 11) is 1.61. The number of aromatic nitrogens is 4. The Hall–Kier alpha value is -3.22. The van der Waals surface area contributed by atoms with Gasteiger partial charge in [0.1, 0.15) is 5.75 Å². The highest BCUT2D eigenvalue weighted by molar-refractivity contribution is 5.78. The Kier molecular flexibility index (Phi) is 5.26. The number of hydrogen-bond donors (Lipinski definition) is 1. The molecular weight excluding hydrogens is 330 g/mol. The van der Waals surface area contributed by atoms with Crippen LogP contribution in [0, 0.1) is 13.8 Å². The predicted octanol–water partition coefficient (Wildman–Crippen LogP) is 2.15. The molecule has 0 aliphatic heterocycles. The smallest absolute Gasteiger partial charge is 0.224 e. The third-order valence-corrected chi connectivity index (χ3v) is 4.24. The number of carbonyl (C=O) groups is 1. The zero-order chi connectivity index (χ0) is 18.5. The van der Waals surface area contributed by atoms with E-state index in [9.17, 15) is 4.79 Å². The number of carbonyl (C=O) groups excluding carboxylic acids is 1. The van der Waals surface area contributed by atoms with Crippen molar-refractivity contribution in [1.29, 1.82) is 0 Å². The first kappa shape index (κ1) is 17.6. The van der Waals surface area contributed by atoms with Crippen LogP contribution in [0.4, 0.5) is 0 Å². The highest BCUT2D eigenvalue weighted by atomic mass is 16.5. The van der Waals surface area contributed by atoms with E-state index < -0.39 is 0 Å². The molecule has 0 aliphatic carbocycles. The summed E-state index contributed by atoms with van der Waals surface area (Å²) in [6, 6.07) is 13.4. The number of methoxy groups -OCH3 is 1. The summed E-state index contributed by atoms with van der Waals surface area (Å²) >= 11 is 0. The van der Waals surface area contributed by atoms with Crippen molar-refractivity contribution < 1.29 is 9.53 Å². The second kappa shape index (κ2) is 7.77. The maximum atomic E-state index is 12.2. The lowest BCUT2D eigenvalue weighted by atomic mass is 10.1. The molecule has 0 atom stereocenters. The molecule has 1 amide bonds. The fourth-order valence-corrected chi connectivity index (χ4v) is 2.54. The van der Waals surface area contributed by atoms with Crippen LogP contribution in [-0.4, -0.2) is 33.2 Å². The van der Waals surface area contributed by atoms with Gasteiger partial charge in [-0.3, -0.25) is 4.79 Å². The van der Waals surface area contributed by atoms with Gasteiger partial charge in [0.05, 0.1) is 25.8 Å². The van der Waals surface area contributed by atoms with Gasteiger partial charge in [0.15, 0.2) is 5.82 Å². The quantitative estimate of drug-likeness (QED) is 0.736. The van der Waals surface area contributed by atoms with Gasteiger partial charge in [-0.15, -0.1) is 5.10 Å². The van der Waals surface area contributed by atoms with Crippen molar-refractivity contribution in [3.63, 3.8) is 0 Å². The Morgan fingerprint density at radius 1 is 1.12 bits per heavy atom. The molecule has 3 aromatic rings. The second-order valence-electron chi connectivity index (χ2n) is 6.08. The summed E-state index contributed by atoms with van der Waals surface area (Å²) < 4.78 is 6.76. The Bertz CT molecular complexity index is 903. The number of benzene rings is 2. The second-order valence-corrected chi connectivity index (χ2v) is 6.08. The van der Waals surface area contributed by atoms with Crippen molar-refractivity contribution in [2.75, 3.05) is 7.11 Å². The molecule has 0 bridgehead atoms. The molecule has 0 radical (unpaired) electrons. The number of amides is 1. The zero-order valence-electron chi connectivity index (χ0n) is 15.1. The van der Waals surface area contributed by atoms with Crippen LogP contribution >= 0.6 is 0 Å². The first-order chi connectivity index (χ1) is 12.6. The summed E-state index contributed by atoms with van der Waals surface area (Å²) in [4.78, 5) is 12.2. The molecule has 7 nitrogen and oxygen atoms in total. The number of nitrogens with zero attached hydrogens (tertiary/aromatic N) is 4. The number of tetrazole rings is 1. The number of aryl methyl sites for hydroxylation is 2. The first-order valence-electron chi connectivity index (χ1n) is 8.31. The van der Waals surface area contributed by atoms with Crippen LogP contribution < -0.4 is 10.1 Å². The molecule has 2 aromatic carbocycles. The molecular formula is C19H21N5O2. The van der Waals surface area contributed by atoms with Gasteiger partial charge in [-0.25, -0.2) is 0 Å². The van der Waals surface area contributed by atoms with Crippen LogP contribution in [0.1, 0.15) is 22.5 Å². The number of rotatable bonds is 6. The molecule has 0 spiro atoms. The monoisotopic (exact) mass is 351 g/mol. The van der Waals surface area contributed by atoms with E-state index in [1.807, 2.05) is 49.4 Å². The van der Waals surface area contributed by atoms with Gasteiger partial charge in [0.25, 0.3) is 0 Å². The number of ether oxygens (including phenoxy) is 1. The van der Waals surface area contributed by atoms with E-state index in [1.165, 1.54) is 5.56 Å². The largest absolute Gasteiger partial charge is 0.497 e. The lowest BCUT2D eigenvalue weighted by Gasteiger charge is -2.08. The average molecular weight is 351 g/mol. The van der Waals surface area contributed by atoms with Crippen molar-refractivity contribution in [3.05, 3.63) is 65.0 Å². The molecule has 0 unspecified atom stereocenters. The van der Waals surface area contributed by atoms with Crippen LogP contribution in [0.25, 0.3) is 5.69 Å². The summed E-state index contributed by atoms with van der Waals surface area (Å²) in [6.45, 7) is 4.35.